The third-order valence-electron chi connectivity index (χ3n) is 5.41. The molecule has 2 aromatic carbocycles. The van der Waals surface area contributed by atoms with E-state index in [0.717, 1.165) is 0 Å². The van der Waals surface area contributed by atoms with Gasteiger partial charge in [-0.15, -0.1) is 0 Å². The molecule has 0 aromatic heterocycles. The molecule has 0 atom stereocenters. The molecule has 1 fully saturated rings. The van der Waals surface area contributed by atoms with Crippen LogP contribution in [0, 0.1) is 23.5 Å². The zero-order valence-corrected chi connectivity index (χ0v) is 17.3. The first-order valence-electron chi connectivity index (χ1n) is 10.2. The van der Waals surface area contributed by atoms with Crippen LogP contribution < -0.4 is 9.47 Å². The number of hydrogen-bond donors (Lipinski definition) is 0. The van der Waals surface area contributed by atoms with E-state index in [-0.39, 0.29) is 36.3 Å². The van der Waals surface area contributed by atoms with Crippen LogP contribution in [0.4, 0.5) is 26.3 Å². The lowest BCUT2D eigenvalue weighted by molar-refractivity contribution is -0.223. The van der Waals surface area contributed by atoms with Gasteiger partial charge in [0.25, 0.3) is 0 Å². The predicted molar refractivity (Wildman–Crippen MR) is 109 cm³/mol. The number of allylic oxidation sites excluding steroid dienone is 2. The molecule has 0 N–H and O–H groups in total. The zero-order valence-electron chi connectivity index (χ0n) is 17.3. The summed E-state index contributed by atoms with van der Waals surface area (Å²) in [4.78, 5) is 0. The molecule has 0 aliphatic heterocycles. The van der Waals surface area contributed by atoms with Gasteiger partial charge in [-0.3, -0.25) is 0 Å². The number of alkyl halides is 2. The summed E-state index contributed by atoms with van der Waals surface area (Å²) in [5, 5.41) is 0. The van der Waals surface area contributed by atoms with Crippen molar-refractivity contribution in [3.8, 4) is 22.6 Å². The Morgan fingerprint density at radius 1 is 0.938 bits per heavy atom. The summed E-state index contributed by atoms with van der Waals surface area (Å²) in [5.41, 5.74) is -0.371. The van der Waals surface area contributed by atoms with Crippen LogP contribution in [0.2, 0.25) is 0 Å². The van der Waals surface area contributed by atoms with Crippen molar-refractivity contribution >= 4 is 0 Å². The van der Waals surface area contributed by atoms with Crippen molar-refractivity contribution in [3.63, 3.8) is 0 Å². The van der Waals surface area contributed by atoms with Crippen LogP contribution >= 0.6 is 0 Å². The smallest absolute Gasteiger partial charge is 0.400 e. The Labute approximate surface area is 182 Å². The molecule has 8 heteroatoms. The Morgan fingerprint density at radius 2 is 1.53 bits per heavy atom. The van der Waals surface area contributed by atoms with Gasteiger partial charge in [0.1, 0.15) is 23.1 Å². The van der Waals surface area contributed by atoms with E-state index >= 15 is 0 Å². The second-order valence-corrected chi connectivity index (χ2v) is 7.61. The lowest BCUT2D eigenvalue weighted by Gasteiger charge is -2.32. The average molecular weight is 456 g/mol. The highest BCUT2D eigenvalue weighted by atomic mass is 19.3. The minimum Gasteiger partial charge on any atom is -0.459 e. The highest BCUT2D eigenvalue weighted by Gasteiger charge is 2.44. The van der Waals surface area contributed by atoms with Gasteiger partial charge in [-0.2, -0.15) is 17.6 Å². The van der Waals surface area contributed by atoms with Crippen molar-refractivity contribution in [1.82, 2.24) is 0 Å². The first kappa shape index (κ1) is 23.8. The van der Waals surface area contributed by atoms with E-state index in [2.05, 4.69) is 4.74 Å². The highest BCUT2D eigenvalue weighted by molar-refractivity contribution is 5.66. The maximum Gasteiger partial charge on any atom is 0.400 e. The molecule has 0 saturated heterocycles. The minimum atomic E-state index is -3.56. The van der Waals surface area contributed by atoms with Crippen LogP contribution in [0.3, 0.4) is 0 Å². The summed E-state index contributed by atoms with van der Waals surface area (Å²) in [6.07, 6.45) is 0.231. The standard InChI is InChI=1S/C24H22F6O2/c1-2-3-15-4-8-17(9-5-15)24(29,30)32-19-12-20(25)23(21(26)13-19)16-6-10-18(11-7-16)31-14-22(27)28/h2-3,6-7,10-15,17H,4-5,8-9H2,1H3. The van der Waals surface area contributed by atoms with E-state index in [0.29, 0.717) is 25.0 Å². The van der Waals surface area contributed by atoms with Gasteiger partial charge >= 0.3 is 12.2 Å². The molecule has 1 aliphatic rings. The third kappa shape index (κ3) is 5.87. The van der Waals surface area contributed by atoms with Crippen LogP contribution in [0.5, 0.6) is 11.5 Å². The highest BCUT2D eigenvalue weighted by Crippen LogP contribution is 2.41. The minimum absolute atomic E-state index is 0.0334. The molecule has 0 unspecified atom stereocenters. The molecule has 32 heavy (non-hydrogen) atoms. The largest absolute Gasteiger partial charge is 0.459 e. The molecule has 3 rings (SSSR count). The lowest BCUT2D eigenvalue weighted by atomic mass is 9.81. The molecule has 1 aliphatic carbocycles. The Bertz CT molecular complexity index is 949. The fourth-order valence-corrected chi connectivity index (χ4v) is 3.86. The van der Waals surface area contributed by atoms with E-state index < -0.39 is 41.1 Å². The van der Waals surface area contributed by atoms with Crippen molar-refractivity contribution < 1.29 is 35.8 Å². The van der Waals surface area contributed by atoms with Gasteiger partial charge in [-0.25, -0.2) is 8.78 Å². The van der Waals surface area contributed by atoms with Gasteiger partial charge in [0, 0.05) is 12.1 Å². The molecule has 0 amide bonds. The normalized spacial score (nSPS) is 19.1. The third-order valence-corrected chi connectivity index (χ3v) is 5.41. The number of ether oxygens (including phenoxy) is 2. The van der Waals surface area contributed by atoms with Gasteiger partial charge in [0.2, 0.25) is 0 Å². The zero-order chi connectivity index (χ0) is 23.3. The summed E-state index contributed by atoms with van der Waals surface area (Å²) >= 11 is 0. The van der Waals surface area contributed by atoms with E-state index in [1.807, 2.05) is 19.1 Å². The van der Waals surface area contributed by atoms with Crippen molar-refractivity contribution in [1.29, 1.82) is 0 Å². The van der Waals surface area contributed by atoms with Crippen molar-refractivity contribution in [3.05, 3.63) is 72.5 Å². The Kier molecular flexibility index (Phi) is 7.53. The molecular weight excluding hydrogens is 434 g/mol. The number of benzene rings is 2. The molecule has 0 spiro atoms. The quantitative estimate of drug-likeness (QED) is 0.238. The summed E-state index contributed by atoms with van der Waals surface area (Å²) < 4.78 is 91.9. The summed E-state index contributed by atoms with van der Waals surface area (Å²) in [6.45, 7) is 1.88. The molecular formula is C24H22F6O2. The molecule has 2 nitrogen and oxygen atoms in total. The molecule has 2 aromatic rings. The first-order chi connectivity index (χ1) is 15.2. The van der Waals surface area contributed by atoms with Crippen molar-refractivity contribution in [2.24, 2.45) is 11.8 Å². The van der Waals surface area contributed by atoms with Gasteiger partial charge in [-0.1, -0.05) is 24.3 Å². The van der Waals surface area contributed by atoms with Crippen LogP contribution in [-0.2, 0) is 0 Å². The summed E-state index contributed by atoms with van der Waals surface area (Å²) in [6, 6.07) is 6.44. The molecule has 0 bridgehead atoms. The predicted octanol–water partition coefficient (Wildman–Crippen LogP) is 8.10. The van der Waals surface area contributed by atoms with E-state index in [9.17, 15) is 26.3 Å². The van der Waals surface area contributed by atoms with Crippen LogP contribution in [0.1, 0.15) is 32.6 Å². The van der Waals surface area contributed by atoms with Crippen LogP contribution in [0.25, 0.3) is 11.1 Å². The SMILES string of the molecule is CC=CC1CCC(C(F)(F)Oc2cc(F)c(-c3ccc(OC=C(F)F)cc3)c(F)c2)CC1. The van der Waals surface area contributed by atoms with Crippen molar-refractivity contribution in [2.45, 2.75) is 38.7 Å². The molecule has 1 saturated carbocycles. The van der Waals surface area contributed by atoms with Gasteiger partial charge in [0.15, 0.2) is 6.26 Å². The lowest BCUT2D eigenvalue weighted by Crippen LogP contribution is -2.37. The van der Waals surface area contributed by atoms with Gasteiger partial charge in [-0.05, 0) is 56.2 Å². The Balaban J connectivity index is 1.73. The van der Waals surface area contributed by atoms with E-state index in [1.54, 1.807) is 0 Å². The Morgan fingerprint density at radius 3 is 2.06 bits per heavy atom. The second-order valence-electron chi connectivity index (χ2n) is 7.61. The summed E-state index contributed by atoms with van der Waals surface area (Å²) in [5.74, 6) is -3.53. The topological polar surface area (TPSA) is 18.5 Å². The molecule has 0 radical (unpaired) electrons. The number of rotatable bonds is 7. The Hall–Kier alpha value is -2.90. The maximum absolute atomic E-state index is 14.6. The molecule has 0 heterocycles. The van der Waals surface area contributed by atoms with E-state index in [1.165, 1.54) is 24.3 Å². The number of hydrogen-bond acceptors (Lipinski definition) is 2. The van der Waals surface area contributed by atoms with Gasteiger partial charge in [0.05, 0.1) is 11.5 Å². The van der Waals surface area contributed by atoms with Gasteiger partial charge < -0.3 is 9.47 Å². The van der Waals surface area contributed by atoms with Crippen LogP contribution in [0.15, 0.2) is 60.9 Å². The fourth-order valence-electron chi connectivity index (χ4n) is 3.86. The summed E-state index contributed by atoms with van der Waals surface area (Å²) in [7, 11) is 0. The second kappa shape index (κ2) is 10.1. The monoisotopic (exact) mass is 456 g/mol. The number of halogens is 6. The average Bonchev–Trinajstić information content (AvgIpc) is 2.73. The van der Waals surface area contributed by atoms with E-state index in [4.69, 9.17) is 4.74 Å². The van der Waals surface area contributed by atoms with Crippen molar-refractivity contribution in [2.75, 3.05) is 0 Å². The van der Waals surface area contributed by atoms with Crippen LogP contribution in [-0.4, -0.2) is 6.11 Å². The fraction of sp³-hybridized carbons (Fsp3) is 0.333. The maximum atomic E-state index is 14.6. The first-order valence-corrected chi connectivity index (χ1v) is 10.2. The molecule has 172 valence electrons.